The Kier molecular flexibility index (Phi) is 3.75. The molecule has 1 aliphatic rings. The summed E-state index contributed by atoms with van der Waals surface area (Å²) in [7, 11) is 0. The van der Waals surface area contributed by atoms with Crippen molar-refractivity contribution < 1.29 is 9.50 Å². The zero-order valence-electron chi connectivity index (χ0n) is 12.1. The second kappa shape index (κ2) is 5.55. The minimum Gasteiger partial charge on any atom is -0.396 e. The Morgan fingerprint density at radius 1 is 1.43 bits per heavy atom. The zero-order chi connectivity index (χ0) is 14.9. The number of hydrogen-bond donors (Lipinski definition) is 3. The number of anilines is 1. The van der Waals surface area contributed by atoms with Crippen LogP contribution in [0.5, 0.6) is 0 Å². The molecule has 0 bridgehead atoms. The molecule has 2 aromatic rings. The normalized spacial score (nSPS) is 26.1. The number of hydrogen-bond acceptors (Lipinski definition) is 5. The fourth-order valence-corrected chi connectivity index (χ4v) is 2.87. The van der Waals surface area contributed by atoms with Gasteiger partial charge in [0.15, 0.2) is 11.5 Å². The van der Waals surface area contributed by atoms with Crippen molar-refractivity contribution in [2.45, 2.75) is 38.3 Å². The SMILES string of the molecule is Cc1nc(NCC2(F)CCC(CO)CC2)c2[nH]cnc2n1. The Balaban J connectivity index is 1.70. The van der Waals surface area contributed by atoms with Crippen LogP contribution in [0.4, 0.5) is 10.2 Å². The number of aryl methyl sites for hydroxylation is 1. The number of aromatic nitrogens is 4. The summed E-state index contributed by atoms with van der Waals surface area (Å²) in [6, 6.07) is 0. The average Bonchev–Trinajstić information content (AvgIpc) is 2.94. The van der Waals surface area contributed by atoms with Crippen molar-refractivity contribution >= 4 is 17.0 Å². The maximum Gasteiger partial charge on any atom is 0.183 e. The number of fused-ring (bicyclic) bond motifs is 1. The Hall–Kier alpha value is -1.76. The van der Waals surface area contributed by atoms with Crippen molar-refractivity contribution in [2.75, 3.05) is 18.5 Å². The van der Waals surface area contributed by atoms with E-state index in [9.17, 15) is 4.39 Å². The monoisotopic (exact) mass is 293 g/mol. The summed E-state index contributed by atoms with van der Waals surface area (Å²) in [6.45, 7) is 2.16. The molecule has 0 saturated heterocycles. The van der Waals surface area contributed by atoms with Gasteiger partial charge in [0, 0.05) is 6.61 Å². The van der Waals surface area contributed by atoms with Gasteiger partial charge >= 0.3 is 0 Å². The smallest absolute Gasteiger partial charge is 0.183 e. The molecule has 0 aromatic carbocycles. The molecule has 1 fully saturated rings. The minimum atomic E-state index is -1.24. The van der Waals surface area contributed by atoms with Crippen LogP contribution < -0.4 is 5.32 Å². The third-order valence-corrected chi connectivity index (χ3v) is 4.23. The molecule has 114 valence electrons. The number of nitrogens with zero attached hydrogens (tertiary/aromatic N) is 3. The van der Waals surface area contributed by atoms with Gasteiger partial charge in [0.05, 0.1) is 12.9 Å². The molecule has 2 heterocycles. The Morgan fingerprint density at radius 3 is 2.90 bits per heavy atom. The Morgan fingerprint density at radius 2 is 2.19 bits per heavy atom. The molecule has 0 radical (unpaired) electrons. The first-order chi connectivity index (χ1) is 10.1. The van der Waals surface area contributed by atoms with E-state index in [1.165, 1.54) is 0 Å². The highest BCUT2D eigenvalue weighted by Crippen LogP contribution is 2.35. The largest absolute Gasteiger partial charge is 0.396 e. The van der Waals surface area contributed by atoms with Crippen LogP contribution in [-0.4, -0.2) is 43.9 Å². The van der Waals surface area contributed by atoms with Crippen molar-refractivity contribution in [2.24, 2.45) is 5.92 Å². The van der Waals surface area contributed by atoms with Gasteiger partial charge < -0.3 is 15.4 Å². The lowest BCUT2D eigenvalue weighted by Crippen LogP contribution is -2.37. The fraction of sp³-hybridized carbons (Fsp3) is 0.643. The van der Waals surface area contributed by atoms with Gasteiger partial charge in [-0.1, -0.05) is 0 Å². The average molecular weight is 293 g/mol. The number of H-pyrrole nitrogens is 1. The van der Waals surface area contributed by atoms with Crippen LogP contribution in [0.15, 0.2) is 6.33 Å². The van der Waals surface area contributed by atoms with Crippen LogP contribution in [0.25, 0.3) is 11.2 Å². The minimum absolute atomic E-state index is 0.156. The van der Waals surface area contributed by atoms with Crippen LogP contribution in [0.1, 0.15) is 31.5 Å². The summed E-state index contributed by atoms with van der Waals surface area (Å²) >= 11 is 0. The molecule has 21 heavy (non-hydrogen) atoms. The second-order valence-electron chi connectivity index (χ2n) is 5.85. The molecule has 3 N–H and O–H groups in total. The molecule has 0 aliphatic heterocycles. The molecule has 0 unspecified atom stereocenters. The fourth-order valence-electron chi connectivity index (χ4n) is 2.87. The quantitative estimate of drug-likeness (QED) is 0.802. The molecule has 1 aliphatic carbocycles. The predicted octanol–water partition coefficient (Wildman–Crippen LogP) is 1.96. The topological polar surface area (TPSA) is 86.7 Å². The van der Waals surface area contributed by atoms with Crippen LogP contribution in [0.3, 0.4) is 0 Å². The van der Waals surface area contributed by atoms with Crippen molar-refractivity contribution in [1.29, 1.82) is 0 Å². The summed E-state index contributed by atoms with van der Waals surface area (Å²) in [5.41, 5.74) is 0.0480. The van der Waals surface area contributed by atoms with Crippen LogP contribution >= 0.6 is 0 Å². The summed E-state index contributed by atoms with van der Waals surface area (Å²) in [4.78, 5) is 15.6. The first kappa shape index (κ1) is 14.2. The predicted molar refractivity (Wildman–Crippen MR) is 77.8 cm³/mol. The Labute approximate surface area is 122 Å². The van der Waals surface area contributed by atoms with E-state index in [1.807, 2.05) is 0 Å². The third-order valence-electron chi connectivity index (χ3n) is 4.23. The van der Waals surface area contributed by atoms with Gasteiger partial charge in [-0.2, -0.15) is 0 Å². The van der Waals surface area contributed by atoms with Gasteiger partial charge in [0.2, 0.25) is 0 Å². The lowest BCUT2D eigenvalue weighted by atomic mass is 9.80. The molecule has 6 nitrogen and oxygen atoms in total. The number of aliphatic hydroxyl groups excluding tert-OH is 1. The maximum atomic E-state index is 14.8. The third kappa shape index (κ3) is 2.97. The van der Waals surface area contributed by atoms with E-state index >= 15 is 0 Å². The van der Waals surface area contributed by atoms with E-state index in [2.05, 4.69) is 25.3 Å². The van der Waals surface area contributed by atoms with E-state index in [0.29, 0.717) is 35.6 Å². The molecule has 3 rings (SSSR count). The summed E-state index contributed by atoms with van der Waals surface area (Å²) in [5, 5.41) is 12.2. The highest BCUT2D eigenvalue weighted by atomic mass is 19.1. The zero-order valence-corrected chi connectivity index (χ0v) is 12.1. The number of rotatable bonds is 4. The van der Waals surface area contributed by atoms with E-state index in [0.717, 1.165) is 12.8 Å². The summed E-state index contributed by atoms with van der Waals surface area (Å²) in [6.07, 6.45) is 3.97. The number of aliphatic hydroxyl groups is 1. The van der Waals surface area contributed by atoms with Crippen molar-refractivity contribution in [3.05, 3.63) is 12.2 Å². The lowest BCUT2D eigenvalue weighted by molar-refractivity contribution is 0.0747. The van der Waals surface area contributed by atoms with E-state index in [-0.39, 0.29) is 19.1 Å². The number of nitrogens with one attached hydrogen (secondary N) is 2. The molecular formula is C14H20FN5O. The van der Waals surface area contributed by atoms with E-state index in [1.54, 1.807) is 13.3 Å². The molecular weight excluding hydrogens is 273 g/mol. The first-order valence-corrected chi connectivity index (χ1v) is 7.31. The second-order valence-corrected chi connectivity index (χ2v) is 5.85. The molecule has 0 spiro atoms. The van der Waals surface area contributed by atoms with Crippen LogP contribution in [-0.2, 0) is 0 Å². The molecule has 0 amide bonds. The first-order valence-electron chi connectivity index (χ1n) is 7.31. The standard InChI is InChI=1S/C14H20FN5O/c1-9-19-12(11-13(20-9)18-8-17-11)16-7-14(15)4-2-10(6-21)3-5-14/h8,10,21H,2-7H2,1H3,(H2,16,17,18,19,20). The molecule has 7 heteroatoms. The van der Waals surface area contributed by atoms with Crippen molar-refractivity contribution in [3.63, 3.8) is 0 Å². The van der Waals surface area contributed by atoms with Gasteiger partial charge in [0.25, 0.3) is 0 Å². The Bertz CT molecular complexity index is 621. The summed E-state index contributed by atoms with van der Waals surface area (Å²) < 4.78 is 14.8. The van der Waals surface area contributed by atoms with Gasteiger partial charge in [0.1, 0.15) is 17.0 Å². The molecule has 2 aromatic heterocycles. The van der Waals surface area contributed by atoms with Gasteiger partial charge in [-0.05, 0) is 38.5 Å². The number of imidazole rings is 1. The van der Waals surface area contributed by atoms with Gasteiger partial charge in [-0.25, -0.2) is 19.3 Å². The highest BCUT2D eigenvalue weighted by Gasteiger charge is 2.35. The molecule has 0 atom stereocenters. The van der Waals surface area contributed by atoms with Crippen LogP contribution in [0.2, 0.25) is 0 Å². The summed E-state index contributed by atoms with van der Waals surface area (Å²) in [5.74, 6) is 1.44. The maximum absolute atomic E-state index is 14.8. The highest BCUT2D eigenvalue weighted by molar-refractivity contribution is 5.82. The van der Waals surface area contributed by atoms with E-state index in [4.69, 9.17) is 5.11 Å². The number of alkyl halides is 1. The van der Waals surface area contributed by atoms with E-state index < -0.39 is 5.67 Å². The number of aromatic amines is 1. The molecule has 1 saturated carbocycles. The van der Waals surface area contributed by atoms with Crippen molar-refractivity contribution in [1.82, 2.24) is 19.9 Å². The van der Waals surface area contributed by atoms with Gasteiger partial charge in [-0.3, -0.25) is 0 Å². The van der Waals surface area contributed by atoms with Crippen molar-refractivity contribution in [3.8, 4) is 0 Å². The number of halogens is 1. The van der Waals surface area contributed by atoms with Crippen LogP contribution in [0, 0.1) is 12.8 Å². The lowest BCUT2D eigenvalue weighted by Gasteiger charge is -2.33. The van der Waals surface area contributed by atoms with Gasteiger partial charge in [-0.15, -0.1) is 0 Å².